The Labute approximate surface area is 158 Å². The number of ether oxygens (including phenoxy) is 1. The normalized spacial score (nSPS) is 14.8. The summed E-state index contributed by atoms with van der Waals surface area (Å²) in [5.41, 5.74) is 0.371. The van der Waals surface area contributed by atoms with E-state index in [1.807, 2.05) is 0 Å². The Morgan fingerprint density at radius 2 is 1.74 bits per heavy atom. The van der Waals surface area contributed by atoms with E-state index in [-0.39, 0.29) is 17.6 Å². The molecule has 0 aliphatic heterocycles. The number of hydrogen-bond donors (Lipinski definition) is 2. The van der Waals surface area contributed by atoms with Crippen LogP contribution in [0.25, 0.3) is 0 Å². The second-order valence-electron chi connectivity index (χ2n) is 7.10. The molecule has 1 aliphatic rings. The molecule has 1 aliphatic carbocycles. The summed E-state index contributed by atoms with van der Waals surface area (Å²) >= 11 is 0. The summed E-state index contributed by atoms with van der Waals surface area (Å²) in [6.45, 7) is 0. The molecule has 0 saturated heterocycles. The van der Waals surface area contributed by atoms with Crippen molar-refractivity contribution in [3.05, 3.63) is 44.2 Å². The summed E-state index contributed by atoms with van der Waals surface area (Å²) in [5, 5.41) is 6.23. The van der Waals surface area contributed by atoms with Gasteiger partial charge in [0.1, 0.15) is 11.4 Å². The van der Waals surface area contributed by atoms with Crippen LogP contribution in [0.4, 0.5) is 17.1 Å². The fourth-order valence-electron chi connectivity index (χ4n) is 3.50. The van der Waals surface area contributed by atoms with Crippen molar-refractivity contribution in [1.29, 1.82) is 0 Å². The lowest BCUT2D eigenvalue weighted by atomic mass is 9.95. The number of carbonyl (C=O) groups excluding carboxylic acids is 1. The Balaban J connectivity index is 1.89. The maximum Gasteiger partial charge on any atom is 0.257 e. The molecule has 7 nitrogen and oxygen atoms in total. The molecule has 0 atom stereocenters. The molecular weight excluding hydrogens is 346 g/mol. The second kappa shape index (κ2) is 7.82. The van der Waals surface area contributed by atoms with Crippen molar-refractivity contribution < 1.29 is 9.53 Å². The van der Waals surface area contributed by atoms with E-state index in [1.165, 1.54) is 18.4 Å². The van der Waals surface area contributed by atoms with Crippen LogP contribution in [0.1, 0.15) is 42.5 Å². The standard InChI is InChI=1S/C20H25N3O4/c1-23(2)20(26)13-10-7-11-14(19(13)27-3)22-16-15(17(24)18(16)25)21-12-8-5-4-6-9-12/h7,10-12,21-22H,4-6,8-9H2,1-3H3. The van der Waals surface area contributed by atoms with E-state index < -0.39 is 10.9 Å². The molecule has 3 rings (SSSR count). The Bertz CT molecular complexity index is 907. The average molecular weight is 371 g/mol. The lowest BCUT2D eigenvalue weighted by Gasteiger charge is -2.26. The van der Waals surface area contributed by atoms with Gasteiger partial charge < -0.3 is 20.3 Å². The summed E-state index contributed by atoms with van der Waals surface area (Å²) in [7, 11) is 4.78. The number of rotatable bonds is 6. The van der Waals surface area contributed by atoms with Gasteiger partial charge in [0.2, 0.25) is 0 Å². The van der Waals surface area contributed by atoms with E-state index >= 15 is 0 Å². The van der Waals surface area contributed by atoms with Crippen molar-refractivity contribution in [3.63, 3.8) is 0 Å². The predicted molar refractivity (Wildman–Crippen MR) is 106 cm³/mol. The van der Waals surface area contributed by atoms with Gasteiger partial charge in [0, 0.05) is 20.1 Å². The summed E-state index contributed by atoms with van der Waals surface area (Å²) in [4.78, 5) is 38.0. The zero-order valence-corrected chi connectivity index (χ0v) is 15.9. The highest BCUT2D eigenvalue weighted by Gasteiger charge is 2.26. The molecule has 0 unspecified atom stereocenters. The molecule has 7 heteroatoms. The molecule has 2 N–H and O–H groups in total. The van der Waals surface area contributed by atoms with Gasteiger partial charge in [0.05, 0.1) is 18.4 Å². The van der Waals surface area contributed by atoms with Gasteiger partial charge in [-0.25, -0.2) is 0 Å². The van der Waals surface area contributed by atoms with Crippen LogP contribution in [-0.2, 0) is 0 Å². The van der Waals surface area contributed by atoms with Crippen molar-refractivity contribution in [2.45, 2.75) is 38.1 Å². The molecule has 0 bridgehead atoms. The molecule has 0 aromatic heterocycles. The smallest absolute Gasteiger partial charge is 0.257 e. The Morgan fingerprint density at radius 3 is 2.37 bits per heavy atom. The van der Waals surface area contributed by atoms with Gasteiger partial charge >= 0.3 is 0 Å². The van der Waals surface area contributed by atoms with Crippen LogP contribution in [-0.4, -0.2) is 38.1 Å². The zero-order chi connectivity index (χ0) is 19.6. The quantitative estimate of drug-likeness (QED) is 0.759. The van der Waals surface area contributed by atoms with Crippen molar-refractivity contribution in [3.8, 4) is 5.75 Å². The Morgan fingerprint density at radius 1 is 1.07 bits per heavy atom. The summed E-state index contributed by atoms with van der Waals surface area (Å²) in [5.74, 6) is 0.133. The minimum absolute atomic E-state index is 0.207. The molecule has 2 aromatic rings. The minimum atomic E-state index is -0.556. The number of para-hydroxylation sites is 1. The molecule has 144 valence electrons. The average Bonchev–Trinajstić information content (AvgIpc) is 2.70. The maximum atomic E-state index is 12.4. The fraction of sp³-hybridized carbons (Fsp3) is 0.450. The number of anilines is 3. The maximum absolute atomic E-state index is 12.4. The Hall–Kier alpha value is -2.83. The minimum Gasteiger partial charge on any atom is -0.494 e. The third kappa shape index (κ3) is 3.67. The molecule has 27 heavy (non-hydrogen) atoms. The van der Waals surface area contributed by atoms with Crippen molar-refractivity contribution >= 4 is 23.0 Å². The highest BCUT2D eigenvalue weighted by molar-refractivity contribution is 5.99. The van der Waals surface area contributed by atoms with Gasteiger partial charge in [-0.3, -0.25) is 14.4 Å². The first kappa shape index (κ1) is 18.9. The summed E-state index contributed by atoms with van der Waals surface area (Å²) in [6.07, 6.45) is 5.44. The fourth-order valence-corrected chi connectivity index (χ4v) is 3.50. The molecule has 1 fully saturated rings. The number of carbonyl (C=O) groups is 1. The van der Waals surface area contributed by atoms with Crippen LogP contribution >= 0.6 is 0 Å². The van der Waals surface area contributed by atoms with Crippen LogP contribution in [0, 0.1) is 0 Å². The van der Waals surface area contributed by atoms with Gasteiger partial charge in [-0.15, -0.1) is 0 Å². The van der Waals surface area contributed by atoms with Crippen molar-refractivity contribution in [1.82, 2.24) is 4.90 Å². The largest absolute Gasteiger partial charge is 0.494 e. The first-order valence-electron chi connectivity index (χ1n) is 9.19. The van der Waals surface area contributed by atoms with Crippen LogP contribution in [0.3, 0.4) is 0 Å². The first-order valence-corrected chi connectivity index (χ1v) is 9.19. The third-order valence-corrected chi connectivity index (χ3v) is 4.98. The van der Waals surface area contributed by atoms with Crippen molar-refractivity contribution in [2.24, 2.45) is 0 Å². The van der Waals surface area contributed by atoms with Crippen LogP contribution in [0.2, 0.25) is 0 Å². The van der Waals surface area contributed by atoms with Gasteiger partial charge in [0.25, 0.3) is 16.8 Å². The summed E-state index contributed by atoms with van der Waals surface area (Å²) in [6, 6.07) is 5.30. The Kier molecular flexibility index (Phi) is 5.48. The van der Waals surface area contributed by atoms with Gasteiger partial charge in [-0.05, 0) is 25.0 Å². The molecule has 1 amide bonds. The first-order chi connectivity index (χ1) is 12.9. The van der Waals surface area contributed by atoms with E-state index in [2.05, 4.69) is 10.6 Å². The third-order valence-electron chi connectivity index (χ3n) is 4.98. The number of nitrogens with one attached hydrogen (secondary N) is 2. The number of amides is 1. The van der Waals surface area contributed by atoms with E-state index in [0.29, 0.717) is 22.7 Å². The van der Waals surface area contributed by atoms with Crippen LogP contribution in [0.5, 0.6) is 5.75 Å². The lowest BCUT2D eigenvalue weighted by molar-refractivity contribution is 0.0824. The monoisotopic (exact) mass is 371 g/mol. The number of benzene rings is 1. The molecule has 0 radical (unpaired) electrons. The molecule has 0 spiro atoms. The topological polar surface area (TPSA) is 87.7 Å². The van der Waals surface area contributed by atoms with Crippen molar-refractivity contribution in [2.75, 3.05) is 31.8 Å². The predicted octanol–water partition coefficient (Wildman–Crippen LogP) is 2.48. The zero-order valence-electron chi connectivity index (χ0n) is 15.9. The summed E-state index contributed by atoms with van der Waals surface area (Å²) < 4.78 is 5.42. The van der Waals surface area contributed by atoms with E-state index in [9.17, 15) is 14.4 Å². The molecular formula is C20H25N3O4. The van der Waals surface area contributed by atoms with Gasteiger partial charge in [0.15, 0.2) is 5.75 Å². The SMILES string of the molecule is COc1c(Nc2c(NC3CCCCC3)c(=O)c2=O)cccc1C(=O)N(C)C. The van der Waals surface area contributed by atoms with E-state index in [4.69, 9.17) is 4.74 Å². The number of nitrogens with zero attached hydrogens (tertiary/aromatic N) is 1. The van der Waals surface area contributed by atoms with E-state index in [0.717, 1.165) is 25.7 Å². The van der Waals surface area contributed by atoms with Gasteiger partial charge in [-0.2, -0.15) is 0 Å². The second-order valence-corrected chi connectivity index (χ2v) is 7.10. The molecule has 2 aromatic carbocycles. The molecule has 1 saturated carbocycles. The van der Waals surface area contributed by atoms with Crippen LogP contribution in [0.15, 0.2) is 27.8 Å². The highest BCUT2D eigenvalue weighted by atomic mass is 16.5. The van der Waals surface area contributed by atoms with Gasteiger partial charge in [-0.1, -0.05) is 25.3 Å². The highest BCUT2D eigenvalue weighted by Crippen LogP contribution is 2.33. The van der Waals surface area contributed by atoms with E-state index in [1.54, 1.807) is 32.3 Å². The lowest BCUT2D eigenvalue weighted by Crippen LogP contribution is -2.39. The van der Waals surface area contributed by atoms with Crippen LogP contribution < -0.4 is 26.2 Å². The number of methoxy groups -OCH3 is 1. The molecule has 0 heterocycles. The number of hydrogen-bond acceptors (Lipinski definition) is 6.